The lowest BCUT2D eigenvalue weighted by Gasteiger charge is -2.13. The van der Waals surface area contributed by atoms with Crippen molar-refractivity contribution in [3.05, 3.63) is 16.2 Å². The molecule has 0 amide bonds. The summed E-state index contributed by atoms with van der Waals surface area (Å²) in [6.45, 7) is 5.89. The summed E-state index contributed by atoms with van der Waals surface area (Å²) >= 11 is 0.867. The van der Waals surface area contributed by atoms with Crippen LogP contribution in [-0.4, -0.2) is 51.5 Å². The first-order chi connectivity index (χ1) is 9.81. The Labute approximate surface area is 128 Å². The van der Waals surface area contributed by atoms with Gasteiger partial charge >= 0.3 is 5.69 Å². The Bertz CT molecular complexity index is 585. The van der Waals surface area contributed by atoms with E-state index in [1.54, 1.807) is 6.92 Å². The monoisotopic (exact) mass is 336 g/mol. The molecular formula is C11H20N4O4S2. The number of anilines is 1. The van der Waals surface area contributed by atoms with Crippen molar-refractivity contribution in [3.8, 4) is 0 Å². The minimum absolute atomic E-state index is 0.0516. The van der Waals surface area contributed by atoms with E-state index in [0.717, 1.165) is 23.9 Å². The van der Waals surface area contributed by atoms with Gasteiger partial charge in [0.25, 0.3) is 0 Å². The smallest absolute Gasteiger partial charge is 0.304 e. The predicted octanol–water partition coefficient (Wildman–Crippen LogP) is 1.32. The zero-order chi connectivity index (χ0) is 16.0. The van der Waals surface area contributed by atoms with Crippen LogP contribution < -0.4 is 10.0 Å². The van der Waals surface area contributed by atoms with Gasteiger partial charge in [-0.25, -0.2) is 13.1 Å². The lowest BCUT2D eigenvalue weighted by atomic mass is 10.5. The number of likely N-dealkylation sites (N-methyl/N-ethyl adjacent to an activating group) is 1. The van der Waals surface area contributed by atoms with Crippen LogP contribution in [0.4, 0.5) is 10.7 Å². The average molecular weight is 336 g/mol. The van der Waals surface area contributed by atoms with Gasteiger partial charge in [0.1, 0.15) is 4.21 Å². The largest absolute Gasteiger partial charge is 0.372 e. The molecule has 0 unspecified atom stereocenters. The highest BCUT2D eigenvalue weighted by atomic mass is 32.2. The first kappa shape index (κ1) is 17.8. The molecule has 0 aliphatic rings. The molecule has 10 heteroatoms. The van der Waals surface area contributed by atoms with Gasteiger partial charge in [0.05, 0.1) is 4.92 Å². The molecule has 120 valence electrons. The molecule has 0 fully saturated rings. The van der Waals surface area contributed by atoms with Gasteiger partial charge in [-0.1, -0.05) is 18.3 Å². The summed E-state index contributed by atoms with van der Waals surface area (Å²) in [7, 11) is -1.84. The summed E-state index contributed by atoms with van der Waals surface area (Å²) in [6.07, 6.45) is 0. The van der Waals surface area contributed by atoms with Gasteiger partial charge < -0.3 is 10.2 Å². The van der Waals surface area contributed by atoms with E-state index in [4.69, 9.17) is 0 Å². The van der Waals surface area contributed by atoms with E-state index in [-0.39, 0.29) is 21.4 Å². The zero-order valence-electron chi connectivity index (χ0n) is 12.2. The van der Waals surface area contributed by atoms with Gasteiger partial charge in [-0.2, -0.15) is 0 Å². The third-order valence-electron chi connectivity index (χ3n) is 2.81. The van der Waals surface area contributed by atoms with Crippen LogP contribution in [0.2, 0.25) is 0 Å². The van der Waals surface area contributed by atoms with Crippen LogP contribution in [0.25, 0.3) is 0 Å². The van der Waals surface area contributed by atoms with Crippen LogP contribution >= 0.6 is 11.3 Å². The lowest BCUT2D eigenvalue weighted by Crippen LogP contribution is -2.32. The molecule has 21 heavy (non-hydrogen) atoms. The van der Waals surface area contributed by atoms with Gasteiger partial charge in [0.2, 0.25) is 10.0 Å². The van der Waals surface area contributed by atoms with Gasteiger partial charge in [-0.3, -0.25) is 10.1 Å². The van der Waals surface area contributed by atoms with Crippen molar-refractivity contribution in [2.45, 2.75) is 18.1 Å². The molecule has 0 atom stereocenters. The van der Waals surface area contributed by atoms with Crippen molar-refractivity contribution in [2.24, 2.45) is 0 Å². The summed E-state index contributed by atoms with van der Waals surface area (Å²) < 4.78 is 26.7. The maximum atomic E-state index is 12.1. The van der Waals surface area contributed by atoms with E-state index in [9.17, 15) is 18.5 Å². The molecule has 0 saturated carbocycles. The second-order valence-corrected chi connectivity index (χ2v) is 7.41. The molecule has 0 aromatic carbocycles. The van der Waals surface area contributed by atoms with Crippen molar-refractivity contribution < 1.29 is 13.3 Å². The van der Waals surface area contributed by atoms with E-state index in [2.05, 4.69) is 10.0 Å². The number of nitro groups is 1. The molecule has 0 aliphatic heterocycles. The Morgan fingerprint density at radius 2 is 2.10 bits per heavy atom. The Hall–Kier alpha value is -1.23. The lowest BCUT2D eigenvalue weighted by molar-refractivity contribution is -0.383. The third-order valence-corrected chi connectivity index (χ3v) is 5.83. The highest BCUT2D eigenvalue weighted by molar-refractivity contribution is 7.91. The molecule has 1 aromatic heterocycles. The van der Waals surface area contributed by atoms with E-state index in [1.807, 2.05) is 18.9 Å². The van der Waals surface area contributed by atoms with E-state index in [0.29, 0.717) is 13.1 Å². The predicted molar refractivity (Wildman–Crippen MR) is 83.5 cm³/mol. The standard InChI is InChI=1S/C11H20N4O4S2/c1-4-12-11-9(15(16)17)8-10(20-11)21(18,19)13-6-7-14(3)5-2/h8,12-13H,4-7H2,1-3H3. The van der Waals surface area contributed by atoms with Gasteiger partial charge in [0, 0.05) is 25.7 Å². The third kappa shape index (κ3) is 4.92. The number of hydrogen-bond acceptors (Lipinski definition) is 7. The second kappa shape index (κ2) is 7.69. The van der Waals surface area contributed by atoms with Crippen molar-refractivity contribution in [1.82, 2.24) is 9.62 Å². The summed E-state index contributed by atoms with van der Waals surface area (Å²) in [5.41, 5.74) is -0.215. The second-order valence-electron chi connectivity index (χ2n) is 4.36. The average Bonchev–Trinajstić information content (AvgIpc) is 2.83. The van der Waals surface area contributed by atoms with Gasteiger partial charge in [0.15, 0.2) is 5.00 Å². The fourth-order valence-corrected chi connectivity index (χ4v) is 3.98. The Morgan fingerprint density at radius 1 is 1.43 bits per heavy atom. The number of sulfonamides is 1. The van der Waals surface area contributed by atoms with Crippen LogP contribution in [0.15, 0.2) is 10.3 Å². The number of rotatable bonds is 9. The van der Waals surface area contributed by atoms with Crippen LogP contribution in [0, 0.1) is 10.1 Å². The van der Waals surface area contributed by atoms with E-state index >= 15 is 0 Å². The summed E-state index contributed by atoms with van der Waals surface area (Å²) in [5.74, 6) is 0. The molecule has 0 spiro atoms. The fraction of sp³-hybridized carbons (Fsp3) is 0.636. The maximum Gasteiger partial charge on any atom is 0.304 e. The van der Waals surface area contributed by atoms with Crippen molar-refractivity contribution >= 4 is 32.0 Å². The van der Waals surface area contributed by atoms with E-state index in [1.165, 1.54) is 0 Å². The molecule has 1 heterocycles. The Balaban J connectivity index is 2.88. The minimum Gasteiger partial charge on any atom is -0.372 e. The first-order valence-corrected chi connectivity index (χ1v) is 8.82. The first-order valence-electron chi connectivity index (χ1n) is 6.52. The van der Waals surface area contributed by atoms with Crippen LogP contribution in [0.1, 0.15) is 13.8 Å². The van der Waals surface area contributed by atoms with Crippen LogP contribution in [0.5, 0.6) is 0 Å². The molecule has 0 saturated heterocycles. The van der Waals surface area contributed by atoms with Crippen LogP contribution in [-0.2, 0) is 10.0 Å². The summed E-state index contributed by atoms with van der Waals surface area (Å²) in [4.78, 5) is 12.3. The molecule has 1 rings (SSSR count). The molecule has 0 radical (unpaired) electrons. The maximum absolute atomic E-state index is 12.1. The molecule has 1 aromatic rings. The highest BCUT2D eigenvalue weighted by Crippen LogP contribution is 2.36. The molecule has 0 aliphatic carbocycles. The Kier molecular flexibility index (Phi) is 6.52. The van der Waals surface area contributed by atoms with Crippen molar-refractivity contribution in [3.63, 3.8) is 0 Å². The van der Waals surface area contributed by atoms with Crippen LogP contribution in [0.3, 0.4) is 0 Å². The topological polar surface area (TPSA) is 105 Å². The molecule has 0 bridgehead atoms. The van der Waals surface area contributed by atoms with Crippen molar-refractivity contribution in [1.29, 1.82) is 0 Å². The molecule has 8 nitrogen and oxygen atoms in total. The Morgan fingerprint density at radius 3 is 2.62 bits per heavy atom. The normalized spacial score (nSPS) is 11.8. The molecular weight excluding hydrogens is 316 g/mol. The van der Waals surface area contributed by atoms with Gasteiger partial charge in [-0.05, 0) is 20.5 Å². The van der Waals surface area contributed by atoms with Crippen molar-refractivity contribution in [2.75, 3.05) is 38.5 Å². The number of hydrogen-bond donors (Lipinski definition) is 2. The highest BCUT2D eigenvalue weighted by Gasteiger charge is 2.25. The molecule has 2 N–H and O–H groups in total. The minimum atomic E-state index is -3.72. The number of nitrogens with one attached hydrogen (secondary N) is 2. The zero-order valence-corrected chi connectivity index (χ0v) is 13.9. The number of nitrogens with zero attached hydrogens (tertiary/aromatic N) is 2. The fourth-order valence-electron chi connectivity index (χ4n) is 1.51. The summed E-state index contributed by atoms with van der Waals surface area (Å²) in [5, 5.41) is 14.0. The number of thiophene rings is 1. The summed E-state index contributed by atoms with van der Waals surface area (Å²) in [6, 6.07) is 1.09. The van der Waals surface area contributed by atoms with Gasteiger partial charge in [-0.15, -0.1) is 0 Å². The van der Waals surface area contributed by atoms with E-state index < -0.39 is 14.9 Å². The quantitative estimate of drug-likeness (QED) is 0.520. The SMILES string of the molecule is CCNc1sc(S(=O)(=O)NCCN(C)CC)cc1[N+](=O)[O-].